The zero-order valence-corrected chi connectivity index (χ0v) is 10.3. The van der Waals surface area contributed by atoms with Gasteiger partial charge in [0.1, 0.15) is 5.76 Å². The molecule has 1 aliphatic heterocycles. The van der Waals surface area contributed by atoms with E-state index in [9.17, 15) is 9.59 Å². The minimum Gasteiger partial charge on any atom is -0.430 e. The molecule has 0 saturated carbocycles. The molecule has 0 fully saturated rings. The summed E-state index contributed by atoms with van der Waals surface area (Å²) in [7, 11) is 0. The Morgan fingerprint density at radius 2 is 2.00 bits per heavy atom. The van der Waals surface area contributed by atoms with E-state index in [4.69, 9.17) is 4.74 Å². The SMILES string of the molecule is CC(=O)OC1=CC(=O)CN(Cc2ccccc2)C1. The van der Waals surface area contributed by atoms with Crippen molar-refractivity contribution in [2.45, 2.75) is 13.5 Å². The molecule has 0 N–H and O–H groups in total. The first kappa shape index (κ1) is 12.5. The van der Waals surface area contributed by atoms with Crippen LogP contribution in [-0.4, -0.2) is 29.7 Å². The molecule has 0 unspecified atom stereocenters. The van der Waals surface area contributed by atoms with E-state index in [0.717, 1.165) is 5.56 Å². The molecule has 94 valence electrons. The fraction of sp³-hybridized carbons (Fsp3) is 0.286. The Kier molecular flexibility index (Phi) is 3.89. The first-order valence-corrected chi connectivity index (χ1v) is 5.81. The van der Waals surface area contributed by atoms with Crippen molar-refractivity contribution in [2.75, 3.05) is 13.1 Å². The van der Waals surface area contributed by atoms with E-state index in [2.05, 4.69) is 0 Å². The van der Waals surface area contributed by atoms with E-state index in [1.807, 2.05) is 35.2 Å². The van der Waals surface area contributed by atoms with Crippen LogP contribution in [0.25, 0.3) is 0 Å². The van der Waals surface area contributed by atoms with Gasteiger partial charge in [-0.05, 0) is 5.56 Å². The normalized spacial score (nSPS) is 16.3. The molecular weight excluding hydrogens is 230 g/mol. The van der Waals surface area contributed by atoms with Crippen molar-refractivity contribution in [3.8, 4) is 0 Å². The summed E-state index contributed by atoms with van der Waals surface area (Å²) < 4.78 is 4.99. The standard InChI is InChI=1S/C14H15NO3/c1-11(16)18-14-7-13(17)9-15(10-14)8-12-5-3-2-4-6-12/h2-7H,8-10H2,1H3. The second-order valence-electron chi connectivity index (χ2n) is 4.30. The lowest BCUT2D eigenvalue weighted by Crippen LogP contribution is -2.35. The molecule has 1 heterocycles. The van der Waals surface area contributed by atoms with Crippen LogP contribution in [0.5, 0.6) is 0 Å². The highest BCUT2D eigenvalue weighted by molar-refractivity contribution is 5.93. The number of carbonyl (C=O) groups is 2. The number of carbonyl (C=O) groups excluding carboxylic acids is 2. The minimum atomic E-state index is -0.393. The second-order valence-corrected chi connectivity index (χ2v) is 4.30. The van der Waals surface area contributed by atoms with Gasteiger partial charge in [0.15, 0.2) is 5.78 Å². The molecule has 0 radical (unpaired) electrons. The second kappa shape index (κ2) is 5.60. The molecule has 18 heavy (non-hydrogen) atoms. The van der Waals surface area contributed by atoms with Crippen molar-refractivity contribution >= 4 is 11.8 Å². The number of benzene rings is 1. The van der Waals surface area contributed by atoms with Crippen molar-refractivity contribution in [3.05, 3.63) is 47.7 Å². The number of esters is 1. The van der Waals surface area contributed by atoms with Gasteiger partial charge in [0.05, 0.1) is 13.1 Å². The predicted octanol–water partition coefficient (Wildman–Crippen LogP) is 1.52. The van der Waals surface area contributed by atoms with Gasteiger partial charge in [0.25, 0.3) is 0 Å². The van der Waals surface area contributed by atoms with Gasteiger partial charge < -0.3 is 4.74 Å². The number of nitrogens with zero attached hydrogens (tertiary/aromatic N) is 1. The van der Waals surface area contributed by atoms with Crippen molar-refractivity contribution in [3.63, 3.8) is 0 Å². The highest BCUT2D eigenvalue weighted by atomic mass is 16.5. The topological polar surface area (TPSA) is 46.6 Å². The van der Waals surface area contributed by atoms with Gasteiger partial charge in [-0.2, -0.15) is 0 Å². The van der Waals surface area contributed by atoms with Crippen molar-refractivity contribution in [1.82, 2.24) is 4.90 Å². The summed E-state index contributed by atoms with van der Waals surface area (Å²) in [6.07, 6.45) is 1.41. The molecule has 4 heteroatoms. The van der Waals surface area contributed by atoms with Crippen LogP contribution in [0.2, 0.25) is 0 Å². The fourth-order valence-corrected chi connectivity index (χ4v) is 1.97. The van der Waals surface area contributed by atoms with E-state index < -0.39 is 5.97 Å². The van der Waals surface area contributed by atoms with E-state index in [0.29, 0.717) is 25.4 Å². The Morgan fingerprint density at radius 1 is 1.28 bits per heavy atom. The highest BCUT2D eigenvalue weighted by Crippen LogP contribution is 2.12. The van der Waals surface area contributed by atoms with Crippen molar-refractivity contribution < 1.29 is 14.3 Å². The molecule has 0 aromatic heterocycles. The Morgan fingerprint density at radius 3 is 2.67 bits per heavy atom. The van der Waals surface area contributed by atoms with E-state index in [1.165, 1.54) is 13.0 Å². The molecule has 0 atom stereocenters. The lowest BCUT2D eigenvalue weighted by atomic mass is 10.1. The predicted molar refractivity (Wildman–Crippen MR) is 66.6 cm³/mol. The Bertz CT molecular complexity index is 479. The van der Waals surface area contributed by atoms with Crippen LogP contribution in [0.3, 0.4) is 0 Å². The fourth-order valence-electron chi connectivity index (χ4n) is 1.97. The van der Waals surface area contributed by atoms with Gasteiger partial charge in [-0.25, -0.2) is 0 Å². The van der Waals surface area contributed by atoms with Gasteiger partial charge in [0.2, 0.25) is 0 Å². The number of rotatable bonds is 3. The van der Waals surface area contributed by atoms with Crippen molar-refractivity contribution in [2.24, 2.45) is 0 Å². The molecule has 0 saturated heterocycles. The molecule has 4 nitrogen and oxygen atoms in total. The summed E-state index contributed by atoms with van der Waals surface area (Å²) in [5.74, 6) is -0.00118. The number of ether oxygens (including phenoxy) is 1. The van der Waals surface area contributed by atoms with Gasteiger partial charge >= 0.3 is 5.97 Å². The van der Waals surface area contributed by atoms with Gasteiger partial charge in [-0.1, -0.05) is 30.3 Å². The third-order valence-electron chi connectivity index (χ3n) is 2.60. The number of ketones is 1. The van der Waals surface area contributed by atoms with Crippen LogP contribution in [0, 0.1) is 0 Å². The summed E-state index contributed by atoms with van der Waals surface area (Å²) in [5, 5.41) is 0. The summed E-state index contributed by atoms with van der Waals surface area (Å²) in [6, 6.07) is 9.89. The van der Waals surface area contributed by atoms with E-state index >= 15 is 0 Å². The zero-order chi connectivity index (χ0) is 13.0. The van der Waals surface area contributed by atoms with Crippen LogP contribution in [-0.2, 0) is 20.9 Å². The molecule has 1 aliphatic rings. The molecule has 1 aromatic carbocycles. The maximum Gasteiger partial charge on any atom is 0.307 e. The molecular formula is C14H15NO3. The number of hydrogen-bond donors (Lipinski definition) is 0. The first-order chi connectivity index (χ1) is 8.63. The van der Waals surface area contributed by atoms with Crippen LogP contribution < -0.4 is 0 Å². The van der Waals surface area contributed by atoms with E-state index in [-0.39, 0.29) is 5.78 Å². The summed E-state index contributed by atoms with van der Waals surface area (Å²) in [5.41, 5.74) is 1.13. The first-order valence-electron chi connectivity index (χ1n) is 5.81. The summed E-state index contributed by atoms with van der Waals surface area (Å²) >= 11 is 0. The lowest BCUT2D eigenvalue weighted by molar-refractivity contribution is -0.137. The Hall–Kier alpha value is -1.94. The van der Waals surface area contributed by atoms with Crippen LogP contribution in [0.15, 0.2) is 42.2 Å². The molecule has 0 amide bonds. The minimum absolute atomic E-state index is 0.0339. The van der Waals surface area contributed by atoms with Gasteiger partial charge in [-0.15, -0.1) is 0 Å². The van der Waals surface area contributed by atoms with Gasteiger partial charge in [0, 0.05) is 19.5 Å². The highest BCUT2D eigenvalue weighted by Gasteiger charge is 2.20. The average Bonchev–Trinajstić information content (AvgIpc) is 2.28. The van der Waals surface area contributed by atoms with Crippen LogP contribution in [0.1, 0.15) is 12.5 Å². The average molecular weight is 245 g/mol. The molecule has 2 rings (SSSR count). The summed E-state index contributed by atoms with van der Waals surface area (Å²) in [4.78, 5) is 24.4. The zero-order valence-electron chi connectivity index (χ0n) is 10.3. The maximum atomic E-state index is 11.5. The van der Waals surface area contributed by atoms with E-state index in [1.54, 1.807) is 0 Å². The molecule has 0 bridgehead atoms. The number of hydrogen-bond acceptors (Lipinski definition) is 4. The smallest absolute Gasteiger partial charge is 0.307 e. The Labute approximate surface area is 106 Å². The maximum absolute atomic E-state index is 11.5. The third-order valence-corrected chi connectivity index (χ3v) is 2.60. The Balaban J connectivity index is 2.02. The van der Waals surface area contributed by atoms with Crippen LogP contribution in [0.4, 0.5) is 0 Å². The molecule has 0 spiro atoms. The van der Waals surface area contributed by atoms with Crippen molar-refractivity contribution in [1.29, 1.82) is 0 Å². The van der Waals surface area contributed by atoms with Gasteiger partial charge in [-0.3, -0.25) is 14.5 Å². The molecule has 1 aromatic rings. The monoisotopic (exact) mass is 245 g/mol. The molecule has 0 aliphatic carbocycles. The third kappa shape index (κ3) is 3.53. The largest absolute Gasteiger partial charge is 0.430 e. The van der Waals surface area contributed by atoms with Crippen LogP contribution >= 0.6 is 0 Å². The summed E-state index contributed by atoms with van der Waals surface area (Å²) in [6.45, 7) is 2.85. The lowest BCUT2D eigenvalue weighted by Gasteiger charge is -2.25. The quantitative estimate of drug-likeness (QED) is 0.757.